The van der Waals surface area contributed by atoms with E-state index in [9.17, 15) is 19.5 Å². The van der Waals surface area contributed by atoms with Gasteiger partial charge in [-0.1, -0.05) is 70.9 Å². The van der Waals surface area contributed by atoms with Gasteiger partial charge in [0.2, 0.25) is 0 Å². The number of unbranched alkanes of at least 4 members (excludes halogenated alkanes) is 6. The van der Waals surface area contributed by atoms with E-state index in [0.717, 1.165) is 44.1 Å². The molecule has 3 fully saturated rings. The van der Waals surface area contributed by atoms with Crippen LogP contribution in [0.2, 0.25) is 0 Å². The molecule has 0 aliphatic heterocycles. The van der Waals surface area contributed by atoms with Gasteiger partial charge >= 0.3 is 5.97 Å². The molecule has 0 unspecified atom stereocenters. The third-order valence-electron chi connectivity index (χ3n) is 10.5. The Kier molecular flexibility index (Phi) is 8.75. The lowest BCUT2D eigenvalue weighted by Gasteiger charge is -2.59. The summed E-state index contributed by atoms with van der Waals surface area (Å²) in [6.45, 7) is 6.38. The summed E-state index contributed by atoms with van der Waals surface area (Å²) in [6.07, 6.45) is 16.1. The molecule has 0 bridgehead atoms. The van der Waals surface area contributed by atoms with Crippen molar-refractivity contribution in [2.75, 3.05) is 5.88 Å². The Morgan fingerprint density at radius 1 is 1.11 bits per heavy atom. The van der Waals surface area contributed by atoms with Gasteiger partial charge in [-0.2, -0.15) is 0 Å². The maximum Gasteiger partial charge on any atom is 0.306 e. The third-order valence-corrected chi connectivity index (χ3v) is 10.7. The molecule has 0 aromatic carbocycles. The van der Waals surface area contributed by atoms with E-state index in [-0.39, 0.29) is 46.6 Å². The third kappa shape index (κ3) is 5.00. The van der Waals surface area contributed by atoms with E-state index < -0.39 is 17.1 Å². The van der Waals surface area contributed by atoms with Gasteiger partial charge in [-0.25, -0.2) is 0 Å². The summed E-state index contributed by atoms with van der Waals surface area (Å²) >= 11 is 6.13. The number of hydrogen-bond acceptors (Lipinski definition) is 5. The molecule has 1 N–H and O–H groups in total. The summed E-state index contributed by atoms with van der Waals surface area (Å²) in [4.78, 5) is 38.6. The Bertz CT molecular complexity index is 955. The smallest absolute Gasteiger partial charge is 0.306 e. The van der Waals surface area contributed by atoms with Gasteiger partial charge in [-0.15, -0.1) is 11.6 Å². The zero-order valence-corrected chi connectivity index (χ0v) is 23.7. The van der Waals surface area contributed by atoms with Crippen LogP contribution in [0.4, 0.5) is 0 Å². The average molecular weight is 533 g/mol. The van der Waals surface area contributed by atoms with Crippen molar-refractivity contribution in [1.82, 2.24) is 0 Å². The second-order valence-corrected chi connectivity index (χ2v) is 12.7. The molecule has 206 valence electrons. The van der Waals surface area contributed by atoms with Crippen molar-refractivity contribution in [2.24, 2.45) is 28.6 Å². The molecule has 0 spiro atoms. The van der Waals surface area contributed by atoms with Crippen LogP contribution in [-0.4, -0.2) is 40.2 Å². The predicted octanol–water partition coefficient (Wildman–Crippen LogP) is 6.50. The van der Waals surface area contributed by atoms with Gasteiger partial charge in [-0.3, -0.25) is 14.4 Å². The molecule has 4 rings (SSSR count). The first-order valence-electron chi connectivity index (χ1n) is 14.6. The minimum absolute atomic E-state index is 0.0153. The number of carbonyl (C=O) groups is 3. The Balaban J connectivity index is 1.51. The van der Waals surface area contributed by atoms with Gasteiger partial charge in [0.15, 0.2) is 17.2 Å². The minimum Gasteiger partial charge on any atom is -0.450 e. The molecule has 0 heterocycles. The normalized spacial score (nSPS) is 38.4. The predicted molar refractivity (Wildman–Crippen MR) is 145 cm³/mol. The number of Topliss-reactive ketones (excluding diaryl/α,β-unsaturated/α-hetero) is 1. The summed E-state index contributed by atoms with van der Waals surface area (Å²) < 4.78 is 6.19. The first-order chi connectivity index (χ1) is 17.6. The molecule has 4 aliphatic rings. The molecule has 7 atom stereocenters. The number of halogens is 1. The topological polar surface area (TPSA) is 80.7 Å². The van der Waals surface area contributed by atoms with Gasteiger partial charge in [0.25, 0.3) is 0 Å². The van der Waals surface area contributed by atoms with E-state index in [0.29, 0.717) is 19.3 Å². The lowest BCUT2D eigenvalue weighted by Crippen LogP contribution is -2.62. The Hall–Kier alpha value is -1.46. The Morgan fingerprint density at radius 3 is 2.51 bits per heavy atom. The first-order valence-corrected chi connectivity index (χ1v) is 15.1. The molecule has 0 aromatic rings. The minimum atomic E-state index is -1.28. The average Bonchev–Trinajstić information content (AvgIpc) is 3.15. The largest absolute Gasteiger partial charge is 0.450 e. The van der Waals surface area contributed by atoms with Gasteiger partial charge in [-0.05, 0) is 62.5 Å². The summed E-state index contributed by atoms with van der Waals surface area (Å²) in [7, 11) is 0. The summed E-state index contributed by atoms with van der Waals surface area (Å²) in [5, 5.41) is 11.6. The number of rotatable bonds is 11. The summed E-state index contributed by atoms with van der Waals surface area (Å²) in [6, 6.07) is 0. The van der Waals surface area contributed by atoms with Crippen molar-refractivity contribution >= 4 is 29.1 Å². The van der Waals surface area contributed by atoms with Crippen molar-refractivity contribution in [1.29, 1.82) is 0 Å². The molecule has 0 saturated heterocycles. The van der Waals surface area contributed by atoms with E-state index in [1.807, 2.05) is 13.0 Å². The van der Waals surface area contributed by atoms with E-state index >= 15 is 0 Å². The van der Waals surface area contributed by atoms with Crippen LogP contribution < -0.4 is 0 Å². The van der Waals surface area contributed by atoms with Crippen LogP contribution in [0.3, 0.4) is 0 Å². The number of hydrogen-bond donors (Lipinski definition) is 1. The molecule has 6 heteroatoms. The molecular formula is C31H45ClO5. The lowest BCUT2D eigenvalue weighted by molar-refractivity contribution is -0.198. The second kappa shape index (κ2) is 11.3. The summed E-state index contributed by atoms with van der Waals surface area (Å²) in [5.41, 5.74) is -1.21. The number of esters is 1. The van der Waals surface area contributed by atoms with Crippen molar-refractivity contribution in [2.45, 2.75) is 116 Å². The summed E-state index contributed by atoms with van der Waals surface area (Å²) in [5.74, 6) is -0.443. The number of ketones is 2. The van der Waals surface area contributed by atoms with Crippen LogP contribution >= 0.6 is 11.6 Å². The molecule has 0 aromatic heterocycles. The Labute approximate surface area is 227 Å². The Morgan fingerprint density at radius 2 is 1.81 bits per heavy atom. The van der Waals surface area contributed by atoms with Crippen molar-refractivity contribution < 1.29 is 24.2 Å². The highest BCUT2D eigenvalue weighted by Crippen LogP contribution is 2.68. The maximum absolute atomic E-state index is 13.5. The number of allylic oxidation sites excluding steroid dienone is 4. The van der Waals surface area contributed by atoms with Crippen molar-refractivity contribution in [3.05, 3.63) is 23.8 Å². The molecule has 4 aliphatic carbocycles. The standard InChI is InChI=1S/C31H45ClO5/c1-4-5-6-7-8-9-10-11-27(36)37-31(26(35)20-32)17-15-24-23-13-12-21-18-22(33)14-16-29(21,2)28(23)25(34)19-30(24,31)3/h14,16,18,23-25,28,34H,4-13,15,17,19-20H2,1-3H3/t23-,24-,25-,28+,29-,30-,31-/m0/s1. The van der Waals surface area contributed by atoms with Crippen LogP contribution in [-0.2, 0) is 19.1 Å². The monoisotopic (exact) mass is 532 g/mol. The fourth-order valence-electron chi connectivity index (χ4n) is 8.58. The van der Waals surface area contributed by atoms with Gasteiger partial charge < -0.3 is 9.84 Å². The highest BCUT2D eigenvalue weighted by atomic mass is 35.5. The zero-order chi connectivity index (χ0) is 26.8. The van der Waals surface area contributed by atoms with E-state index in [2.05, 4.69) is 13.8 Å². The number of aliphatic hydroxyl groups is 1. The number of aliphatic hydroxyl groups excluding tert-OH is 1. The molecule has 5 nitrogen and oxygen atoms in total. The van der Waals surface area contributed by atoms with Gasteiger partial charge in [0.1, 0.15) is 0 Å². The first kappa shape index (κ1) is 28.5. The lowest BCUT2D eigenvalue weighted by atomic mass is 9.46. The highest BCUT2D eigenvalue weighted by Gasteiger charge is 2.70. The quantitative estimate of drug-likeness (QED) is 0.187. The van der Waals surface area contributed by atoms with E-state index in [4.69, 9.17) is 16.3 Å². The molecular weight excluding hydrogens is 488 g/mol. The van der Waals surface area contributed by atoms with Crippen LogP contribution in [0, 0.1) is 28.6 Å². The molecule has 0 amide bonds. The van der Waals surface area contributed by atoms with E-state index in [1.54, 1.807) is 12.2 Å². The number of carbonyl (C=O) groups excluding carboxylic acids is 3. The SMILES string of the molecule is CCCCCCCCCC(=O)O[C@]1(C(=O)CCl)CC[C@H]2[C@@H]3CCC4=CC(=O)C=C[C@]4(C)[C@H]3[C@@H](O)C[C@@]21C. The van der Waals surface area contributed by atoms with Crippen LogP contribution in [0.5, 0.6) is 0 Å². The van der Waals surface area contributed by atoms with Crippen molar-refractivity contribution in [3.8, 4) is 0 Å². The maximum atomic E-state index is 13.5. The fraction of sp³-hybridized carbons (Fsp3) is 0.774. The number of ether oxygens (including phenoxy) is 1. The fourth-order valence-corrected chi connectivity index (χ4v) is 8.79. The van der Waals surface area contributed by atoms with Gasteiger partial charge in [0, 0.05) is 23.2 Å². The van der Waals surface area contributed by atoms with Crippen LogP contribution in [0.1, 0.15) is 104 Å². The molecule has 37 heavy (non-hydrogen) atoms. The van der Waals surface area contributed by atoms with Gasteiger partial charge in [0.05, 0.1) is 12.0 Å². The number of alkyl halides is 1. The number of fused-ring (bicyclic) bond motifs is 5. The van der Waals surface area contributed by atoms with Crippen LogP contribution in [0.25, 0.3) is 0 Å². The zero-order valence-electron chi connectivity index (χ0n) is 22.9. The highest BCUT2D eigenvalue weighted by molar-refractivity contribution is 6.29. The molecule has 0 radical (unpaired) electrons. The van der Waals surface area contributed by atoms with E-state index in [1.165, 1.54) is 25.7 Å². The molecule has 3 saturated carbocycles. The van der Waals surface area contributed by atoms with Crippen LogP contribution in [0.15, 0.2) is 23.8 Å². The van der Waals surface area contributed by atoms with Crippen molar-refractivity contribution in [3.63, 3.8) is 0 Å². The second-order valence-electron chi connectivity index (χ2n) is 12.5.